The van der Waals surface area contributed by atoms with E-state index in [1.54, 1.807) is 13.8 Å². The van der Waals surface area contributed by atoms with Crippen LogP contribution in [0, 0.1) is 5.92 Å². The Bertz CT molecular complexity index is 316. The largest absolute Gasteiger partial charge is 0.393 e. The molecule has 1 fully saturated rings. The summed E-state index contributed by atoms with van der Waals surface area (Å²) in [5, 5.41) is 9.69. The van der Waals surface area contributed by atoms with Crippen LogP contribution in [-0.2, 0) is 10.2 Å². The summed E-state index contributed by atoms with van der Waals surface area (Å²) in [6, 6.07) is -0.100. The molecule has 0 amide bonds. The van der Waals surface area contributed by atoms with Crippen molar-refractivity contribution in [1.82, 2.24) is 9.03 Å². The average molecular weight is 250 g/mol. The van der Waals surface area contributed by atoms with Crippen LogP contribution in [0.5, 0.6) is 0 Å². The molecule has 1 aliphatic heterocycles. The molecule has 5 nitrogen and oxygen atoms in total. The molecule has 1 aliphatic rings. The van der Waals surface area contributed by atoms with Gasteiger partial charge in [-0.2, -0.15) is 17.4 Å². The molecule has 0 aromatic carbocycles. The summed E-state index contributed by atoms with van der Waals surface area (Å²) in [4.78, 5) is 0. The van der Waals surface area contributed by atoms with Gasteiger partial charge in [0.15, 0.2) is 0 Å². The highest BCUT2D eigenvalue weighted by molar-refractivity contribution is 7.87. The second kappa shape index (κ2) is 5.44. The molecule has 0 spiro atoms. The molecule has 0 bridgehead atoms. The van der Waals surface area contributed by atoms with E-state index in [2.05, 4.69) is 4.72 Å². The van der Waals surface area contributed by atoms with Gasteiger partial charge in [0.05, 0.1) is 6.10 Å². The molecule has 0 saturated carbocycles. The molecule has 1 saturated heterocycles. The van der Waals surface area contributed by atoms with E-state index in [1.165, 1.54) is 4.31 Å². The molecular formula is C10H22N2O3S. The minimum Gasteiger partial charge on any atom is -0.393 e. The molecule has 0 aliphatic carbocycles. The molecule has 6 heteroatoms. The third-order valence-corrected chi connectivity index (χ3v) is 4.69. The van der Waals surface area contributed by atoms with E-state index >= 15 is 0 Å². The smallest absolute Gasteiger partial charge is 0.279 e. The molecule has 16 heavy (non-hydrogen) atoms. The van der Waals surface area contributed by atoms with Gasteiger partial charge in [-0.05, 0) is 32.6 Å². The summed E-state index contributed by atoms with van der Waals surface area (Å²) in [5.41, 5.74) is 0. The highest BCUT2D eigenvalue weighted by atomic mass is 32.2. The Morgan fingerprint density at radius 1 is 1.50 bits per heavy atom. The predicted molar refractivity (Wildman–Crippen MR) is 63.2 cm³/mol. The van der Waals surface area contributed by atoms with Gasteiger partial charge in [-0.3, -0.25) is 0 Å². The van der Waals surface area contributed by atoms with Crippen LogP contribution < -0.4 is 4.72 Å². The van der Waals surface area contributed by atoms with E-state index in [0.29, 0.717) is 19.5 Å². The number of rotatable bonds is 4. The maximum atomic E-state index is 11.9. The Morgan fingerprint density at radius 3 is 2.62 bits per heavy atom. The molecule has 0 aromatic heterocycles. The first-order chi connectivity index (χ1) is 7.36. The van der Waals surface area contributed by atoms with Crippen LogP contribution in [0.2, 0.25) is 0 Å². The first-order valence-electron chi connectivity index (χ1n) is 5.82. The van der Waals surface area contributed by atoms with Gasteiger partial charge in [-0.1, -0.05) is 6.92 Å². The Hall–Kier alpha value is -0.170. The lowest BCUT2D eigenvalue weighted by atomic mass is 9.94. The van der Waals surface area contributed by atoms with Crippen molar-refractivity contribution in [3.8, 4) is 0 Å². The van der Waals surface area contributed by atoms with Crippen LogP contribution in [0.1, 0.15) is 33.6 Å². The Kier molecular flexibility index (Phi) is 4.73. The van der Waals surface area contributed by atoms with Crippen molar-refractivity contribution in [3.63, 3.8) is 0 Å². The summed E-state index contributed by atoms with van der Waals surface area (Å²) < 4.78 is 27.8. The van der Waals surface area contributed by atoms with Crippen molar-refractivity contribution < 1.29 is 13.5 Å². The Balaban J connectivity index is 2.68. The van der Waals surface area contributed by atoms with Gasteiger partial charge >= 0.3 is 0 Å². The average Bonchev–Trinajstić information content (AvgIpc) is 2.16. The third-order valence-electron chi connectivity index (χ3n) is 2.91. The normalized spacial score (nSPS) is 28.6. The van der Waals surface area contributed by atoms with Gasteiger partial charge < -0.3 is 5.11 Å². The van der Waals surface area contributed by atoms with E-state index in [0.717, 1.165) is 6.42 Å². The monoisotopic (exact) mass is 250 g/mol. The summed E-state index contributed by atoms with van der Waals surface area (Å²) in [5.74, 6) is 0.0532. The van der Waals surface area contributed by atoms with Crippen LogP contribution >= 0.6 is 0 Å². The summed E-state index contributed by atoms with van der Waals surface area (Å²) in [7, 11) is -3.38. The zero-order chi connectivity index (χ0) is 12.3. The summed E-state index contributed by atoms with van der Waals surface area (Å²) >= 11 is 0. The molecule has 0 aromatic rings. The zero-order valence-electron chi connectivity index (χ0n) is 10.2. The van der Waals surface area contributed by atoms with Crippen molar-refractivity contribution in [1.29, 1.82) is 0 Å². The minimum atomic E-state index is -3.38. The second-order valence-corrected chi connectivity index (χ2v) is 6.36. The number of aliphatic hydroxyl groups is 1. The SMILES string of the molecule is CCC1CN(S(=O)(=O)NC(C)C)CCC1O. The number of nitrogens with zero attached hydrogens (tertiary/aromatic N) is 1. The highest BCUT2D eigenvalue weighted by Gasteiger charge is 2.32. The Morgan fingerprint density at radius 2 is 2.12 bits per heavy atom. The molecule has 2 unspecified atom stereocenters. The topological polar surface area (TPSA) is 69.6 Å². The first-order valence-corrected chi connectivity index (χ1v) is 7.26. The number of piperidine rings is 1. The van der Waals surface area contributed by atoms with E-state index in [1.807, 2.05) is 6.92 Å². The molecule has 2 atom stereocenters. The maximum Gasteiger partial charge on any atom is 0.279 e. The first kappa shape index (κ1) is 13.9. The van der Waals surface area contributed by atoms with Gasteiger partial charge in [-0.15, -0.1) is 0 Å². The fraction of sp³-hybridized carbons (Fsp3) is 1.00. The minimum absolute atomic E-state index is 0.0532. The van der Waals surface area contributed by atoms with Gasteiger partial charge in [0.2, 0.25) is 0 Å². The van der Waals surface area contributed by atoms with Crippen molar-refractivity contribution >= 4 is 10.2 Å². The molecule has 96 valence electrons. The third kappa shape index (κ3) is 3.41. The van der Waals surface area contributed by atoms with Crippen molar-refractivity contribution in [2.75, 3.05) is 13.1 Å². The van der Waals surface area contributed by atoms with E-state index in [9.17, 15) is 13.5 Å². The number of aliphatic hydroxyl groups excluding tert-OH is 1. The molecular weight excluding hydrogens is 228 g/mol. The van der Waals surface area contributed by atoms with Gasteiger partial charge in [0.25, 0.3) is 10.2 Å². The van der Waals surface area contributed by atoms with Crippen molar-refractivity contribution in [2.24, 2.45) is 5.92 Å². The molecule has 0 radical (unpaired) electrons. The lowest BCUT2D eigenvalue weighted by Crippen LogP contribution is -2.51. The number of hydrogen-bond acceptors (Lipinski definition) is 3. The van der Waals surface area contributed by atoms with Crippen molar-refractivity contribution in [2.45, 2.75) is 45.8 Å². The van der Waals surface area contributed by atoms with Crippen molar-refractivity contribution in [3.05, 3.63) is 0 Å². The Labute approximate surface area is 98.0 Å². The predicted octanol–water partition coefficient (Wildman–Crippen LogP) is 0.322. The van der Waals surface area contributed by atoms with Crippen LogP contribution in [0.4, 0.5) is 0 Å². The zero-order valence-corrected chi connectivity index (χ0v) is 11.0. The lowest BCUT2D eigenvalue weighted by Gasteiger charge is -2.35. The standard InChI is InChI=1S/C10H22N2O3S/c1-4-9-7-12(6-5-10(9)13)16(14,15)11-8(2)3/h8-11,13H,4-7H2,1-3H3. The molecule has 1 rings (SSSR count). The van der Waals surface area contributed by atoms with Gasteiger partial charge in [0, 0.05) is 19.1 Å². The van der Waals surface area contributed by atoms with Crippen LogP contribution in [-0.4, -0.2) is 43.1 Å². The fourth-order valence-corrected chi connectivity index (χ4v) is 3.46. The number of nitrogens with one attached hydrogen (secondary N) is 1. The molecule has 2 N–H and O–H groups in total. The van der Waals surface area contributed by atoms with Crippen LogP contribution in [0.25, 0.3) is 0 Å². The maximum absolute atomic E-state index is 11.9. The van der Waals surface area contributed by atoms with Crippen LogP contribution in [0.15, 0.2) is 0 Å². The fourth-order valence-electron chi connectivity index (χ4n) is 1.98. The second-order valence-electron chi connectivity index (χ2n) is 4.66. The van der Waals surface area contributed by atoms with Gasteiger partial charge in [0.1, 0.15) is 0 Å². The lowest BCUT2D eigenvalue weighted by molar-refractivity contribution is 0.0516. The van der Waals surface area contributed by atoms with E-state index in [-0.39, 0.29) is 18.1 Å². The van der Waals surface area contributed by atoms with E-state index in [4.69, 9.17) is 0 Å². The van der Waals surface area contributed by atoms with E-state index < -0.39 is 10.2 Å². The van der Waals surface area contributed by atoms with Crippen LogP contribution in [0.3, 0.4) is 0 Å². The van der Waals surface area contributed by atoms with Gasteiger partial charge in [-0.25, -0.2) is 0 Å². The summed E-state index contributed by atoms with van der Waals surface area (Å²) in [6.07, 6.45) is 0.960. The molecule has 1 heterocycles. The summed E-state index contributed by atoms with van der Waals surface area (Å²) in [6.45, 7) is 6.39. The quantitative estimate of drug-likeness (QED) is 0.755. The number of hydrogen-bond donors (Lipinski definition) is 2. The highest BCUT2D eigenvalue weighted by Crippen LogP contribution is 2.21.